The van der Waals surface area contributed by atoms with Gasteiger partial charge >= 0.3 is 0 Å². The molecule has 2 N–H and O–H groups in total. The van der Waals surface area contributed by atoms with Crippen LogP contribution in [0, 0.1) is 0 Å². The van der Waals surface area contributed by atoms with Gasteiger partial charge in [-0.2, -0.15) is 10.2 Å². The number of aromatic amines is 1. The first kappa shape index (κ1) is 14.9. The second kappa shape index (κ2) is 6.39. The highest BCUT2D eigenvalue weighted by molar-refractivity contribution is 5.90. The van der Waals surface area contributed by atoms with E-state index in [1.807, 2.05) is 6.07 Å². The van der Waals surface area contributed by atoms with Gasteiger partial charge in [0.25, 0.3) is 5.56 Å². The molecular weight excluding hydrogens is 296 g/mol. The summed E-state index contributed by atoms with van der Waals surface area (Å²) in [5.41, 5.74) is 0.293. The summed E-state index contributed by atoms with van der Waals surface area (Å²) >= 11 is 0. The molecule has 3 rings (SSSR count). The Bertz CT molecular complexity index is 871. The number of carbonyl (C=O) groups excluding carboxylic acids is 1. The van der Waals surface area contributed by atoms with Gasteiger partial charge in [0, 0.05) is 11.9 Å². The summed E-state index contributed by atoms with van der Waals surface area (Å²) in [6.45, 7) is 2.74. The Morgan fingerprint density at radius 3 is 2.87 bits per heavy atom. The Balaban J connectivity index is 1.75. The van der Waals surface area contributed by atoms with Crippen molar-refractivity contribution in [2.45, 2.75) is 19.4 Å². The second-order valence-electron chi connectivity index (χ2n) is 5.15. The summed E-state index contributed by atoms with van der Waals surface area (Å²) in [5, 5.41) is 14.5. The maximum atomic E-state index is 12.3. The minimum Gasteiger partial charge on any atom is -0.354 e. The molecule has 0 spiro atoms. The largest absolute Gasteiger partial charge is 0.354 e. The van der Waals surface area contributed by atoms with Crippen LogP contribution in [0.4, 0.5) is 0 Å². The molecule has 2 heterocycles. The number of hydrogen-bond acceptors (Lipinski definition) is 5. The number of aromatic nitrogens is 5. The third-order valence-electron chi connectivity index (χ3n) is 3.64. The van der Waals surface area contributed by atoms with Crippen LogP contribution < -0.4 is 10.9 Å². The van der Waals surface area contributed by atoms with Gasteiger partial charge < -0.3 is 5.32 Å². The normalized spacial score (nSPS) is 12.2. The first-order valence-electron chi connectivity index (χ1n) is 7.24. The van der Waals surface area contributed by atoms with Crippen LogP contribution in [-0.2, 0) is 11.3 Å². The monoisotopic (exact) mass is 312 g/mol. The molecule has 0 aliphatic carbocycles. The van der Waals surface area contributed by atoms with Crippen LogP contribution in [0.15, 0.2) is 41.7 Å². The molecule has 1 aromatic carbocycles. The number of amides is 1. The highest BCUT2D eigenvalue weighted by Gasteiger charge is 2.19. The van der Waals surface area contributed by atoms with Gasteiger partial charge in [-0.3, -0.25) is 14.3 Å². The van der Waals surface area contributed by atoms with Gasteiger partial charge in [-0.15, -0.1) is 0 Å². The van der Waals surface area contributed by atoms with Crippen LogP contribution in [0.5, 0.6) is 0 Å². The molecule has 8 heteroatoms. The summed E-state index contributed by atoms with van der Waals surface area (Å²) in [7, 11) is 0. The van der Waals surface area contributed by atoms with E-state index in [-0.39, 0.29) is 11.5 Å². The van der Waals surface area contributed by atoms with Gasteiger partial charge in [-0.25, -0.2) is 10.1 Å². The molecule has 1 atom stereocenters. The number of benzene rings is 1. The summed E-state index contributed by atoms with van der Waals surface area (Å²) < 4.78 is 1.64. The van der Waals surface area contributed by atoms with Crippen LogP contribution >= 0.6 is 0 Å². The van der Waals surface area contributed by atoms with Crippen LogP contribution in [-0.4, -0.2) is 37.4 Å². The van der Waals surface area contributed by atoms with Crippen LogP contribution in [0.25, 0.3) is 10.8 Å². The van der Waals surface area contributed by atoms with Crippen molar-refractivity contribution in [1.82, 2.24) is 30.3 Å². The third kappa shape index (κ3) is 3.10. The lowest BCUT2D eigenvalue weighted by atomic mass is 10.0. The first-order valence-corrected chi connectivity index (χ1v) is 7.24. The SMILES string of the molecule is C[C@H](C(=O)NCCn1cncn1)c1n[nH]c(=O)c2ccccc12. The average Bonchev–Trinajstić information content (AvgIpc) is 3.08. The van der Waals surface area contributed by atoms with Crippen LogP contribution in [0.1, 0.15) is 18.5 Å². The smallest absolute Gasteiger partial charge is 0.272 e. The molecule has 0 bridgehead atoms. The van der Waals surface area contributed by atoms with Crippen molar-refractivity contribution in [2.24, 2.45) is 0 Å². The number of fused-ring (bicyclic) bond motifs is 1. The van der Waals surface area contributed by atoms with Crippen molar-refractivity contribution in [3.8, 4) is 0 Å². The predicted molar refractivity (Wildman–Crippen MR) is 83.8 cm³/mol. The highest BCUT2D eigenvalue weighted by Crippen LogP contribution is 2.20. The van der Waals surface area contributed by atoms with E-state index >= 15 is 0 Å². The molecule has 0 saturated heterocycles. The number of hydrogen-bond donors (Lipinski definition) is 2. The molecule has 0 fully saturated rings. The van der Waals surface area contributed by atoms with Gasteiger partial charge in [0.2, 0.25) is 5.91 Å². The molecule has 118 valence electrons. The number of rotatable bonds is 5. The molecule has 0 saturated carbocycles. The Morgan fingerprint density at radius 2 is 2.13 bits per heavy atom. The number of H-pyrrole nitrogens is 1. The lowest BCUT2D eigenvalue weighted by Crippen LogP contribution is -2.32. The molecule has 3 aromatic rings. The van der Waals surface area contributed by atoms with Gasteiger partial charge in [0.1, 0.15) is 12.7 Å². The summed E-state index contributed by atoms with van der Waals surface area (Å²) in [6, 6.07) is 7.12. The quantitative estimate of drug-likeness (QED) is 0.711. The predicted octanol–water partition coefficient (Wildman–Crippen LogP) is 0.434. The minimum absolute atomic E-state index is 0.158. The van der Waals surface area contributed by atoms with Crippen LogP contribution in [0.2, 0.25) is 0 Å². The van der Waals surface area contributed by atoms with Crippen molar-refractivity contribution in [1.29, 1.82) is 0 Å². The molecule has 1 amide bonds. The molecule has 23 heavy (non-hydrogen) atoms. The minimum atomic E-state index is -0.479. The molecule has 0 aliphatic rings. The van der Waals surface area contributed by atoms with E-state index in [2.05, 4.69) is 25.6 Å². The maximum Gasteiger partial charge on any atom is 0.272 e. The summed E-state index contributed by atoms with van der Waals surface area (Å²) in [6.07, 6.45) is 3.04. The molecule has 8 nitrogen and oxygen atoms in total. The van der Waals surface area contributed by atoms with Gasteiger partial charge in [-0.05, 0) is 13.0 Å². The zero-order valence-corrected chi connectivity index (χ0v) is 12.6. The average molecular weight is 312 g/mol. The highest BCUT2D eigenvalue weighted by atomic mass is 16.2. The number of nitrogens with zero attached hydrogens (tertiary/aromatic N) is 4. The van der Waals surface area contributed by atoms with Crippen molar-refractivity contribution in [3.63, 3.8) is 0 Å². The zero-order chi connectivity index (χ0) is 16.2. The fourth-order valence-corrected chi connectivity index (χ4v) is 2.39. The number of nitrogens with one attached hydrogen (secondary N) is 2. The van der Waals surface area contributed by atoms with E-state index in [1.165, 1.54) is 6.33 Å². The topological polar surface area (TPSA) is 106 Å². The first-order chi connectivity index (χ1) is 11.2. The van der Waals surface area contributed by atoms with Crippen molar-refractivity contribution < 1.29 is 4.79 Å². The van der Waals surface area contributed by atoms with E-state index in [9.17, 15) is 9.59 Å². The summed E-state index contributed by atoms with van der Waals surface area (Å²) in [5.74, 6) is -0.637. The Labute approximate surface area is 131 Å². The van der Waals surface area contributed by atoms with Crippen molar-refractivity contribution in [2.75, 3.05) is 6.54 Å². The third-order valence-corrected chi connectivity index (χ3v) is 3.64. The fourth-order valence-electron chi connectivity index (χ4n) is 2.39. The van der Waals surface area contributed by atoms with E-state index in [4.69, 9.17) is 0 Å². The van der Waals surface area contributed by atoms with E-state index in [1.54, 1.807) is 36.1 Å². The molecule has 0 aliphatic heterocycles. The van der Waals surface area contributed by atoms with Gasteiger partial charge in [0.15, 0.2) is 0 Å². The second-order valence-corrected chi connectivity index (χ2v) is 5.15. The fraction of sp³-hybridized carbons (Fsp3) is 0.267. The van der Waals surface area contributed by atoms with Crippen LogP contribution in [0.3, 0.4) is 0 Å². The Morgan fingerprint density at radius 1 is 1.35 bits per heavy atom. The number of carbonyl (C=O) groups is 1. The Kier molecular flexibility index (Phi) is 4.13. The maximum absolute atomic E-state index is 12.3. The zero-order valence-electron chi connectivity index (χ0n) is 12.6. The molecule has 2 aromatic heterocycles. The lowest BCUT2D eigenvalue weighted by Gasteiger charge is -2.13. The Hall–Kier alpha value is -3.03. The van der Waals surface area contributed by atoms with E-state index in [0.717, 1.165) is 0 Å². The molecule has 0 radical (unpaired) electrons. The molecular formula is C15H16N6O2. The van der Waals surface area contributed by atoms with Gasteiger partial charge in [0.05, 0.1) is 23.5 Å². The summed E-state index contributed by atoms with van der Waals surface area (Å²) in [4.78, 5) is 27.9. The van der Waals surface area contributed by atoms with Crippen molar-refractivity contribution in [3.05, 3.63) is 53.0 Å². The van der Waals surface area contributed by atoms with E-state index in [0.29, 0.717) is 29.6 Å². The van der Waals surface area contributed by atoms with Crippen molar-refractivity contribution >= 4 is 16.7 Å². The lowest BCUT2D eigenvalue weighted by molar-refractivity contribution is -0.122. The molecule has 0 unspecified atom stereocenters. The standard InChI is InChI=1S/C15H16N6O2/c1-10(14(22)17-6-7-21-9-16-8-18-21)13-11-4-2-3-5-12(11)15(23)20-19-13/h2-5,8-10H,6-7H2,1H3,(H,17,22)(H,20,23)/t10-/m0/s1. The van der Waals surface area contributed by atoms with E-state index < -0.39 is 5.92 Å². The van der Waals surface area contributed by atoms with Gasteiger partial charge in [-0.1, -0.05) is 18.2 Å².